The molecule has 0 unspecified atom stereocenters. The molecule has 8 heteroatoms. The normalized spacial score (nSPS) is 26.6. The molecule has 104 valence electrons. The van der Waals surface area contributed by atoms with Gasteiger partial charge in [-0.25, -0.2) is 4.79 Å². The SMILES string of the molecule is C=C(Br)c1cn([C@H]2C[C@H](O)[C@@H](CO)O2)c(=O)nc1N. The minimum atomic E-state index is -0.824. The zero-order chi connectivity index (χ0) is 14.2. The molecule has 0 radical (unpaired) electrons. The second-order valence-corrected chi connectivity index (χ2v) is 5.21. The lowest BCUT2D eigenvalue weighted by Crippen LogP contribution is -2.29. The van der Waals surface area contributed by atoms with E-state index in [-0.39, 0.29) is 18.8 Å². The predicted octanol–water partition coefficient (Wildman–Crippen LogP) is -0.168. The molecular formula is C11H14BrN3O4. The first kappa shape index (κ1) is 14.2. The predicted molar refractivity (Wildman–Crippen MR) is 72.5 cm³/mol. The smallest absolute Gasteiger partial charge is 0.351 e. The van der Waals surface area contributed by atoms with Crippen molar-refractivity contribution in [3.63, 3.8) is 0 Å². The maximum absolute atomic E-state index is 11.8. The summed E-state index contributed by atoms with van der Waals surface area (Å²) >= 11 is 3.18. The average Bonchev–Trinajstić information content (AvgIpc) is 2.69. The Balaban J connectivity index is 2.38. The van der Waals surface area contributed by atoms with E-state index in [0.717, 1.165) is 0 Å². The number of aromatic nitrogens is 2. The van der Waals surface area contributed by atoms with Gasteiger partial charge in [-0.2, -0.15) is 4.98 Å². The van der Waals surface area contributed by atoms with Crippen molar-refractivity contribution in [2.45, 2.75) is 24.9 Å². The fourth-order valence-electron chi connectivity index (χ4n) is 1.95. The summed E-state index contributed by atoms with van der Waals surface area (Å²) < 4.78 is 7.12. The summed E-state index contributed by atoms with van der Waals surface area (Å²) in [6.07, 6.45) is -0.539. The summed E-state index contributed by atoms with van der Waals surface area (Å²) in [5.41, 5.74) is 5.52. The van der Waals surface area contributed by atoms with Gasteiger partial charge in [0.15, 0.2) is 0 Å². The van der Waals surface area contributed by atoms with Crippen LogP contribution in [0.5, 0.6) is 0 Å². The number of rotatable bonds is 3. The molecule has 0 saturated carbocycles. The minimum absolute atomic E-state index is 0.0698. The highest BCUT2D eigenvalue weighted by molar-refractivity contribution is 9.15. The van der Waals surface area contributed by atoms with Gasteiger partial charge in [0.1, 0.15) is 18.1 Å². The summed E-state index contributed by atoms with van der Waals surface area (Å²) in [6.45, 7) is 3.37. The van der Waals surface area contributed by atoms with Crippen LogP contribution in [0.3, 0.4) is 0 Å². The van der Waals surface area contributed by atoms with E-state index in [9.17, 15) is 9.90 Å². The Kier molecular flexibility index (Phi) is 4.04. The van der Waals surface area contributed by atoms with Crippen molar-refractivity contribution >= 4 is 26.2 Å². The monoisotopic (exact) mass is 331 g/mol. The summed E-state index contributed by atoms with van der Waals surface area (Å²) in [6, 6.07) is 0. The highest BCUT2D eigenvalue weighted by atomic mass is 79.9. The van der Waals surface area contributed by atoms with E-state index in [1.807, 2.05) is 0 Å². The van der Waals surface area contributed by atoms with Gasteiger partial charge >= 0.3 is 5.69 Å². The molecule has 1 aromatic rings. The molecule has 2 rings (SSSR count). The van der Waals surface area contributed by atoms with Gasteiger partial charge in [0.05, 0.1) is 12.7 Å². The fourth-order valence-corrected chi connectivity index (χ4v) is 2.25. The number of nitrogens with zero attached hydrogens (tertiary/aromatic N) is 2. The highest BCUT2D eigenvalue weighted by Gasteiger charge is 2.35. The van der Waals surface area contributed by atoms with Crippen molar-refractivity contribution in [1.29, 1.82) is 0 Å². The van der Waals surface area contributed by atoms with Gasteiger partial charge in [0.2, 0.25) is 0 Å². The number of halogens is 1. The Morgan fingerprint density at radius 3 is 2.95 bits per heavy atom. The van der Waals surface area contributed by atoms with E-state index in [1.54, 1.807) is 0 Å². The molecule has 3 atom stereocenters. The Hall–Kier alpha value is -1.22. The van der Waals surface area contributed by atoms with Crippen LogP contribution in [0.25, 0.3) is 4.48 Å². The van der Waals surface area contributed by atoms with Crippen LogP contribution in [0.15, 0.2) is 17.6 Å². The topological polar surface area (TPSA) is 111 Å². The van der Waals surface area contributed by atoms with Crippen LogP contribution in [-0.2, 0) is 4.74 Å². The van der Waals surface area contributed by atoms with E-state index >= 15 is 0 Å². The third-order valence-electron chi connectivity index (χ3n) is 2.97. The average molecular weight is 332 g/mol. The van der Waals surface area contributed by atoms with Crippen LogP contribution in [0, 0.1) is 0 Å². The van der Waals surface area contributed by atoms with Crippen LogP contribution in [0.4, 0.5) is 5.82 Å². The lowest BCUT2D eigenvalue weighted by Gasteiger charge is -2.15. The second-order valence-electron chi connectivity index (χ2n) is 4.25. The zero-order valence-electron chi connectivity index (χ0n) is 9.99. The molecule has 19 heavy (non-hydrogen) atoms. The number of anilines is 1. The van der Waals surface area contributed by atoms with Gasteiger partial charge in [-0.05, 0) is 0 Å². The molecule has 0 spiro atoms. The van der Waals surface area contributed by atoms with Crippen molar-refractivity contribution in [3.05, 3.63) is 28.8 Å². The molecule has 0 amide bonds. The van der Waals surface area contributed by atoms with E-state index in [1.165, 1.54) is 10.8 Å². The van der Waals surface area contributed by atoms with Crippen molar-refractivity contribution in [1.82, 2.24) is 9.55 Å². The Morgan fingerprint density at radius 1 is 1.74 bits per heavy atom. The number of hydrogen-bond donors (Lipinski definition) is 3. The number of hydrogen-bond acceptors (Lipinski definition) is 6. The van der Waals surface area contributed by atoms with Crippen molar-refractivity contribution in [2.24, 2.45) is 0 Å². The summed E-state index contributed by atoms with van der Waals surface area (Å²) in [7, 11) is 0. The Morgan fingerprint density at radius 2 is 2.42 bits per heavy atom. The number of aliphatic hydroxyl groups is 2. The third-order valence-corrected chi connectivity index (χ3v) is 3.39. The number of nitrogens with two attached hydrogens (primary N) is 1. The molecule has 1 fully saturated rings. The molecule has 0 bridgehead atoms. The summed E-state index contributed by atoms with van der Waals surface area (Å²) in [4.78, 5) is 15.5. The summed E-state index contributed by atoms with van der Waals surface area (Å²) in [5, 5.41) is 18.7. The molecule has 1 aliphatic heterocycles. The molecule has 4 N–H and O–H groups in total. The zero-order valence-corrected chi connectivity index (χ0v) is 11.6. The van der Waals surface area contributed by atoms with E-state index in [4.69, 9.17) is 15.6 Å². The van der Waals surface area contributed by atoms with Crippen molar-refractivity contribution in [2.75, 3.05) is 12.3 Å². The highest BCUT2D eigenvalue weighted by Crippen LogP contribution is 2.29. The van der Waals surface area contributed by atoms with Gasteiger partial charge in [0, 0.05) is 22.7 Å². The van der Waals surface area contributed by atoms with Gasteiger partial charge < -0.3 is 20.7 Å². The van der Waals surface area contributed by atoms with Gasteiger partial charge in [-0.15, -0.1) is 0 Å². The molecule has 2 heterocycles. The van der Waals surface area contributed by atoms with Crippen LogP contribution in [-0.4, -0.2) is 38.6 Å². The van der Waals surface area contributed by atoms with Crippen LogP contribution < -0.4 is 11.4 Å². The Labute approximate surface area is 117 Å². The first-order valence-corrected chi connectivity index (χ1v) is 6.41. The quantitative estimate of drug-likeness (QED) is 0.709. The van der Waals surface area contributed by atoms with E-state index < -0.39 is 24.1 Å². The van der Waals surface area contributed by atoms with Crippen LogP contribution >= 0.6 is 15.9 Å². The lowest BCUT2D eigenvalue weighted by molar-refractivity contribution is -0.0458. The van der Waals surface area contributed by atoms with Crippen molar-refractivity contribution in [3.8, 4) is 0 Å². The van der Waals surface area contributed by atoms with E-state index in [0.29, 0.717) is 10.0 Å². The third kappa shape index (κ3) is 2.71. The van der Waals surface area contributed by atoms with Crippen LogP contribution in [0.1, 0.15) is 18.2 Å². The summed E-state index contributed by atoms with van der Waals surface area (Å²) in [5.74, 6) is 0.0698. The Bertz CT molecular complexity index is 559. The number of aliphatic hydroxyl groups excluding tert-OH is 2. The molecule has 7 nitrogen and oxygen atoms in total. The number of nitrogen functional groups attached to an aromatic ring is 1. The van der Waals surface area contributed by atoms with Crippen LogP contribution in [0.2, 0.25) is 0 Å². The van der Waals surface area contributed by atoms with Gasteiger partial charge in [-0.1, -0.05) is 22.5 Å². The lowest BCUT2D eigenvalue weighted by atomic mass is 10.2. The molecular weight excluding hydrogens is 318 g/mol. The largest absolute Gasteiger partial charge is 0.394 e. The van der Waals surface area contributed by atoms with Gasteiger partial charge in [-0.3, -0.25) is 4.57 Å². The van der Waals surface area contributed by atoms with Gasteiger partial charge in [0.25, 0.3) is 0 Å². The molecule has 1 aromatic heterocycles. The maximum atomic E-state index is 11.8. The minimum Gasteiger partial charge on any atom is -0.394 e. The molecule has 0 aromatic carbocycles. The molecule has 1 aliphatic rings. The van der Waals surface area contributed by atoms with E-state index in [2.05, 4.69) is 27.5 Å². The maximum Gasteiger partial charge on any atom is 0.351 e. The second kappa shape index (κ2) is 5.41. The molecule has 0 aliphatic carbocycles. The first-order chi connectivity index (χ1) is 8.93. The number of ether oxygens (including phenoxy) is 1. The van der Waals surface area contributed by atoms with Crippen molar-refractivity contribution < 1.29 is 14.9 Å². The molecule has 1 saturated heterocycles. The standard InChI is InChI=1S/C11H14BrN3O4/c1-5(12)6-3-15(11(18)14-10(6)13)9-2-7(17)8(4-16)19-9/h3,7-9,16-17H,1-2,4H2,(H2,13,14,18)/t7-,8+,9+/m0/s1. The first-order valence-electron chi connectivity index (χ1n) is 5.62. The fraction of sp³-hybridized carbons (Fsp3) is 0.455.